The number of aromatic nitrogens is 4. The lowest BCUT2D eigenvalue weighted by Gasteiger charge is -2.02. The Hall–Kier alpha value is -2.48. The van der Waals surface area contributed by atoms with Crippen molar-refractivity contribution in [3.8, 4) is 11.4 Å². The molecule has 8 heteroatoms. The van der Waals surface area contributed by atoms with Crippen LogP contribution in [0.4, 0.5) is 4.39 Å². The molecule has 0 aliphatic rings. The zero-order chi connectivity index (χ0) is 14.8. The van der Waals surface area contributed by atoms with Gasteiger partial charge in [0.25, 0.3) is 0 Å². The first kappa shape index (κ1) is 13.5. The average Bonchev–Trinajstić information content (AvgIpc) is 2.88. The van der Waals surface area contributed by atoms with Gasteiger partial charge in [-0.15, -0.1) is 10.2 Å². The molecule has 1 aromatic carbocycles. The Morgan fingerprint density at radius 2 is 2.14 bits per heavy atom. The molecule has 106 valence electrons. The van der Waals surface area contributed by atoms with Crippen LogP contribution < -0.4 is 0 Å². The van der Waals surface area contributed by atoms with Crippen molar-refractivity contribution in [1.29, 1.82) is 0 Å². The molecular weight excluding hydrogens is 295 g/mol. The van der Waals surface area contributed by atoms with Crippen LogP contribution in [-0.2, 0) is 4.79 Å². The van der Waals surface area contributed by atoms with E-state index in [9.17, 15) is 9.18 Å². The fraction of sp³-hybridized carbons (Fsp3) is 0.0769. The van der Waals surface area contributed by atoms with Crippen molar-refractivity contribution in [3.05, 3.63) is 42.2 Å². The van der Waals surface area contributed by atoms with Crippen LogP contribution in [0.2, 0.25) is 0 Å². The Kier molecular flexibility index (Phi) is 3.53. The molecule has 6 nitrogen and oxygen atoms in total. The van der Waals surface area contributed by atoms with Gasteiger partial charge in [0.1, 0.15) is 10.8 Å². The third kappa shape index (κ3) is 2.84. The fourth-order valence-corrected chi connectivity index (χ4v) is 2.37. The summed E-state index contributed by atoms with van der Waals surface area (Å²) < 4.78 is 14.8. The number of hydrogen-bond acceptors (Lipinski definition) is 5. The number of halogens is 1. The SMILES string of the molecule is O=C(O)CSc1ccc2nnc(-c3cccc(F)c3)n2n1. The van der Waals surface area contributed by atoms with Crippen LogP contribution in [0.1, 0.15) is 0 Å². The number of carboxylic acid groups (broad SMARTS) is 1. The number of carbonyl (C=O) groups is 1. The van der Waals surface area contributed by atoms with Gasteiger partial charge in [-0.05, 0) is 24.3 Å². The maximum Gasteiger partial charge on any atom is 0.313 e. The molecule has 0 unspecified atom stereocenters. The van der Waals surface area contributed by atoms with Crippen LogP contribution >= 0.6 is 11.8 Å². The highest BCUT2D eigenvalue weighted by Crippen LogP contribution is 2.21. The molecule has 21 heavy (non-hydrogen) atoms. The lowest BCUT2D eigenvalue weighted by atomic mass is 10.2. The minimum atomic E-state index is -0.920. The second-order valence-electron chi connectivity index (χ2n) is 4.16. The lowest BCUT2D eigenvalue weighted by Crippen LogP contribution is -2.01. The normalized spacial score (nSPS) is 10.9. The molecule has 0 aliphatic carbocycles. The number of carboxylic acids is 1. The summed E-state index contributed by atoms with van der Waals surface area (Å²) in [6.45, 7) is 0. The summed E-state index contributed by atoms with van der Waals surface area (Å²) in [5.74, 6) is -0.977. The number of fused-ring (bicyclic) bond motifs is 1. The van der Waals surface area contributed by atoms with E-state index in [1.807, 2.05) is 0 Å². The number of thioether (sulfide) groups is 1. The van der Waals surface area contributed by atoms with Gasteiger partial charge >= 0.3 is 5.97 Å². The van der Waals surface area contributed by atoms with Crippen LogP contribution in [0.3, 0.4) is 0 Å². The Morgan fingerprint density at radius 3 is 2.90 bits per heavy atom. The van der Waals surface area contributed by atoms with Gasteiger partial charge in [-0.1, -0.05) is 23.9 Å². The molecule has 0 amide bonds. The quantitative estimate of drug-likeness (QED) is 0.744. The summed E-state index contributed by atoms with van der Waals surface area (Å²) in [6.07, 6.45) is 0. The summed E-state index contributed by atoms with van der Waals surface area (Å²) in [5.41, 5.74) is 1.06. The molecule has 0 fully saturated rings. The van der Waals surface area contributed by atoms with E-state index in [0.717, 1.165) is 11.8 Å². The number of hydrogen-bond donors (Lipinski definition) is 1. The van der Waals surface area contributed by atoms with Gasteiger partial charge in [-0.25, -0.2) is 4.39 Å². The zero-order valence-corrected chi connectivity index (χ0v) is 11.4. The second-order valence-corrected chi connectivity index (χ2v) is 5.15. The first-order valence-corrected chi connectivity index (χ1v) is 6.95. The molecule has 1 N–H and O–H groups in total. The Labute approximate surface area is 122 Å². The smallest absolute Gasteiger partial charge is 0.313 e. The van der Waals surface area contributed by atoms with Crippen LogP contribution in [0.25, 0.3) is 17.0 Å². The van der Waals surface area contributed by atoms with Crippen molar-refractivity contribution < 1.29 is 14.3 Å². The Balaban J connectivity index is 2.03. The highest BCUT2D eigenvalue weighted by molar-refractivity contribution is 7.99. The molecule has 0 bridgehead atoms. The van der Waals surface area contributed by atoms with Gasteiger partial charge in [0.15, 0.2) is 11.5 Å². The highest BCUT2D eigenvalue weighted by Gasteiger charge is 2.11. The molecule has 3 rings (SSSR count). The topological polar surface area (TPSA) is 80.4 Å². The standard InChI is InChI=1S/C13H9FN4O2S/c14-9-3-1-2-8(6-9)13-16-15-10-4-5-11(17-18(10)13)21-7-12(19)20/h1-6H,7H2,(H,19,20). The van der Waals surface area contributed by atoms with Crippen molar-refractivity contribution in [3.63, 3.8) is 0 Å². The predicted molar refractivity (Wildman–Crippen MR) is 74.5 cm³/mol. The summed E-state index contributed by atoms with van der Waals surface area (Å²) >= 11 is 1.09. The van der Waals surface area contributed by atoms with Crippen molar-refractivity contribution in [2.75, 3.05) is 5.75 Å². The fourth-order valence-electron chi connectivity index (χ4n) is 1.79. The lowest BCUT2D eigenvalue weighted by molar-refractivity contribution is -0.133. The number of rotatable bonds is 4. The molecule has 2 aromatic heterocycles. The minimum absolute atomic E-state index is 0.0874. The van der Waals surface area contributed by atoms with E-state index in [1.165, 1.54) is 16.6 Å². The third-order valence-corrected chi connectivity index (χ3v) is 3.57. The number of aliphatic carboxylic acids is 1. The van der Waals surface area contributed by atoms with E-state index in [0.29, 0.717) is 22.1 Å². The molecule has 0 radical (unpaired) electrons. The van der Waals surface area contributed by atoms with E-state index >= 15 is 0 Å². The maximum absolute atomic E-state index is 13.3. The monoisotopic (exact) mass is 304 g/mol. The predicted octanol–water partition coefficient (Wildman–Crippen LogP) is 2.11. The molecule has 2 heterocycles. The minimum Gasteiger partial charge on any atom is -0.481 e. The van der Waals surface area contributed by atoms with E-state index < -0.39 is 5.97 Å². The van der Waals surface area contributed by atoms with Gasteiger partial charge in [-0.3, -0.25) is 4.79 Å². The maximum atomic E-state index is 13.3. The molecule has 3 aromatic rings. The highest BCUT2D eigenvalue weighted by atomic mass is 32.2. The van der Waals surface area contributed by atoms with Gasteiger partial charge in [-0.2, -0.15) is 9.61 Å². The van der Waals surface area contributed by atoms with Crippen molar-refractivity contribution >= 4 is 23.4 Å². The Morgan fingerprint density at radius 1 is 1.29 bits per heavy atom. The van der Waals surface area contributed by atoms with Crippen LogP contribution in [0, 0.1) is 5.82 Å². The summed E-state index contributed by atoms with van der Waals surface area (Å²) in [7, 11) is 0. The summed E-state index contributed by atoms with van der Waals surface area (Å²) in [5, 5.41) is 21.5. The van der Waals surface area contributed by atoms with Crippen molar-refractivity contribution in [2.24, 2.45) is 0 Å². The number of benzene rings is 1. The van der Waals surface area contributed by atoms with E-state index in [2.05, 4.69) is 15.3 Å². The molecular formula is C13H9FN4O2S. The first-order chi connectivity index (χ1) is 10.1. The van der Waals surface area contributed by atoms with Crippen molar-refractivity contribution in [1.82, 2.24) is 19.8 Å². The molecule has 0 aliphatic heterocycles. The Bertz CT molecular complexity index is 821. The van der Waals surface area contributed by atoms with E-state index in [1.54, 1.807) is 24.3 Å². The molecule has 0 saturated heterocycles. The molecule has 0 spiro atoms. The average molecular weight is 304 g/mol. The van der Waals surface area contributed by atoms with Gasteiger partial charge in [0.05, 0.1) is 5.75 Å². The third-order valence-electron chi connectivity index (χ3n) is 2.66. The van der Waals surface area contributed by atoms with Gasteiger partial charge < -0.3 is 5.11 Å². The van der Waals surface area contributed by atoms with E-state index in [4.69, 9.17) is 5.11 Å². The first-order valence-electron chi connectivity index (χ1n) is 5.96. The van der Waals surface area contributed by atoms with Crippen LogP contribution in [0.15, 0.2) is 41.4 Å². The number of nitrogens with zero attached hydrogens (tertiary/aromatic N) is 4. The summed E-state index contributed by atoms with van der Waals surface area (Å²) in [6, 6.07) is 9.33. The summed E-state index contributed by atoms with van der Waals surface area (Å²) in [4.78, 5) is 10.6. The molecule has 0 atom stereocenters. The zero-order valence-electron chi connectivity index (χ0n) is 10.6. The van der Waals surface area contributed by atoms with Crippen molar-refractivity contribution in [2.45, 2.75) is 5.03 Å². The molecule has 0 saturated carbocycles. The van der Waals surface area contributed by atoms with E-state index in [-0.39, 0.29) is 11.6 Å². The van der Waals surface area contributed by atoms with Gasteiger partial charge in [0.2, 0.25) is 0 Å². The largest absolute Gasteiger partial charge is 0.481 e. The second kappa shape index (κ2) is 5.49. The van der Waals surface area contributed by atoms with Crippen LogP contribution in [-0.4, -0.2) is 36.6 Å². The van der Waals surface area contributed by atoms with Gasteiger partial charge in [0, 0.05) is 5.56 Å². The van der Waals surface area contributed by atoms with Crippen LogP contribution in [0.5, 0.6) is 0 Å².